The summed E-state index contributed by atoms with van der Waals surface area (Å²) < 4.78 is 25.9. The molecular formula is C11H14ClN3O4S. The van der Waals surface area contributed by atoms with Crippen LogP contribution in [0.2, 0.25) is 5.02 Å². The summed E-state index contributed by atoms with van der Waals surface area (Å²) in [6.45, 7) is -0.206. The number of aliphatic hydroxyl groups is 1. The van der Waals surface area contributed by atoms with Crippen LogP contribution in [0.3, 0.4) is 0 Å². The van der Waals surface area contributed by atoms with Gasteiger partial charge in [0.2, 0.25) is 15.9 Å². The molecule has 0 aromatic heterocycles. The zero-order valence-corrected chi connectivity index (χ0v) is 11.9. The number of aliphatic hydroxyl groups excluding tert-OH is 1. The highest BCUT2D eigenvalue weighted by Gasteiger charge is 2.43. The van der Waals surface area contributed by atoms with Gasteiger partial charge in [0.1, 0.15) is 10.9 Å². The molecule has 0 radical (unpaired) electrons. The summed E-state index contributed by atoms with van der Waals surface area (Å²) in [5, 5.41) is 9.78. The quantitative estimate of drug-likeness (QED) is 0.649. The highest BCUT2D eigenvalue weighted by Crippen LogP contribution is 2.30. The van der Waals surface area contributed by atoms with Crippen molar-refractivity contribution in [3.05, 3.63) is 23.2 Å². The second-order valence-electron chi connectivity index (χ2n) is 4.56. The van der Waals surface area contributed by atoms with Gasteiger partial charge in [0.05, 0.1) is 11.8 Å². The van der Waals surface area contributed by atoms with Crippen LogP contribution in [0.1, 0.15) is 6.42 Å². The summed E-state index contributed by atoms with van der Waals surface area (Å²) in [5.74, 6) is -0.814. The number of carbonyl (C=O) groups excluding carboxylic acids is 1. The molecule has 110 valence electrons. The van der Waals surface area contributed by atoms with Crippen molar-refractivity contribution in [2.45, 2.75) is 23.5 Å². The third-order valence-corrected chi connectivity index (χ3v) is 5.29. The number of rotatable bonds is 3. The van der Waals surface area contributed by atoms with Crippen molar-refractivity contribution >= 4 is 33.2 Å². The fraction of sp³-hybridized carbons (Fsp3) is 0.364. The number of hydrogen-bond donors (Lipinski definition) is 3. The number of benzene rings is 1. The standard InChI is InChI=1S/C11H14ClN3O4S/c12-6-1-2-8(13)10(3-6)20(18,19)15-5-7(16)4-9(15)11(14)17/h1-3,7,9,16H,4-5,13H2,(H2,14,17). The molecule has 0 bridgehead atoms. The molecule has 1 saturated heterocycles. The van der Waals surface area contributed by atoms with Crippen molar-refractivity contribution < 1.29 is 18.3 Å². The Labute approximate surface area is 121 Å². The number of nitrogens with two attached hydrogens (primary N) is 2. The van der Waals surface area contributed by atoms with E-state index in [4.69, 9.17) is 23.1 Å². The molecule has 2 unspecified atom stereocenters. The van der Waals surface area contributed by atoms with Gasteiger partial charge in [0, 0.05) is 18.0 Å². The number of halogens is 1. The molecule has 1 aromatic carbocycles. The number of sulfonamides is 1. The Kier molecular flexibility index (Phi) is 3.92. The average Bonchev–Trinajstić information content (AvgIpc) is 2.75. The van der Waals surface area contributed by atoms with Gasteiger partial charge in [-0.25, -0.2) is 8.42 Å². The van der Waals surface area contributed by atoms with Gasteiger partial charge in [-0.3, -0.25) is 4.79 Å². The van der Waals surface area contributed by atoms with Crippen molar-refractivity contribution in [3.8, 4) is 0 Å². The first-order valence-corrected chi connectivity index (χ1v) is 7.59. The van der Waals surface area contributed by atoms with Crippen LogP contribution in [0.15, 0.2) is 23.1 Å². The third kappa shape index (κ3) is 2.59. The molecular weight excluding hydrogens is 306 g/mol. The molecule has 1 aliphatic heterocycles. The van der Waals surface area contributed by atoms with E-state index in [2.05, 4.69) is 0 Å². The first-order chi connectivity index (χ1) is 9.23. The SMILES string of the molecule is NC(=O)C1CC(O)CN1S(=O)(=O)c1cc(Cl)ccc1N. The fourth-order valence-corrected chi connectivity index (χ4v) is 4.19. The van der Waals surface area contributed by atoms with Gasteiger partial charge >= 0.3 is 0 Å². The maximum Gasteiger partial charge on any atom is 0.245 e. The van der Waals surface area contributed by atoms with Crippen LogP contribution in [0, 0.1) is 0 Å². The Morgan fingerprint density at radius 1 is 1.45 bits per heavy atom. The van der Waals surface area contributed by atoms with Crippen LogP contribution in [0.5, 0.6) is 0 Å². The lowest BCUT2D eigenvalue weighted by atomic mass is 10.2. The Morgan fingerprint density at radius 2 is 2.10 bits per heavy atom. The summed E-state index contributed by atoms with van der Waals surface area (Å²) in [5.41, 5.74) is 10.8. The molecule has 2 atom stereocenters. The molecule has 2 rings (SSSR count). The number of primary amides is 1. The molecule has 9 heteroatoms. The van der Waals surface area contributed by atoms with E-state index >= 15 is 0 Å². The van der Waals surface area contributed by atoms with E-state index in [9.17, 15) is 18.3 Å². The molecule has 0 spiro atoms. The molecule has 1 heterocycles. The molecule has 7 nitrogen and oxygen atoms in total. The Bertz CT molecular complexity index is 649. The van der Waals surface area contributed by atoms with E-state index in [0.29, 0.717) is 0 Å². The topological polar surface area (TPSA) is 127 Å². The zero-order chi connectivity index (χ0) is 15.1. The van der Waals surface area contributed by atoms with E-state index < -0.39 is 28.1 Å². The van der Waals surface area contributed by atoms with E-state index in [1.54, 1.807) is 0 Å². The number of hydrogen-bond acceptors (Lipinski definition) is 5. The van der Waals surface area contributed by atoms with Crippen LogP contribution in [-0.2, 0) is 14.8 Å². The first kappa shape index (κ1) is 15.0. The first-order valence-electron chi connectivity index (χ1n) is 5.77. The highest BCUT2D eigenvalue weighted by atomic mass is 35.5. The summed E-state index contributed by atoms with van der Waals surface area (Å²) in [6, 6.07) is 2.93. The molecule has 1 fully saturated rings. The lowest BCUT2D eigenvalue weighted by molar-refractivity contribution is -0.121. The van der Waals surface area contributed by atoms with E-state index in [0.717, 1.165) is 4.31 Å². The Balaban J connectivity index is 2.49. The smallest absolute Gasteiger partial charge is 0.245 e. The maximum absolute atomic E-state index is 12.5. The summed E-state index contributed by atoms with van der Waals surface area (Å²) >= 11 is 5.78. The molecule has 20 heavy (non-hydrogen) atoms. The summed E-state index contributed by atoms with van der Waals surface area (Å²) in [4.78, 5) is 11.1. The van der Waals surface area contributed by atoms with Gasteiger partial charge in [-0.1, -0.05) is 11.6 Å². The zero-order valence-electron chi connectivity index (χ0n) is 10.4. The number of β-amino-alcohol motifs (C(OH)–C–C–N with tert-alkyl or cyclic N) is 1. The van der Waals surface area contributed by atoms with Crippen LogP contribution in [-0.4, -0.2) is 42.4 Å². The number of nitrogens with zero attached hydrogens (tertiary/aromatic N) is 1. The third-order valence-electron chi connectivity index (χ3n) is 3.12. The Morgan fingerprint density at radius 3 is 2.70 bits per heavy atom. The second-order valence-corrected chi connectivity index (χ2v) is 6.86. The van der Waals surface area contributed by atoms with Crippen LogP contribution >= 0.6 is 11.6 Å². The minimum absolute atomic E-state index is 0.0130. The van der Waals surface area contributed by atoms with Gasteiger partial charge in [0.15, 0.2) is 0 Å². The summed E-state index contributed by atoms with van der Waals surface area (Å²) in [6.07, 6.45) is -0.975. The van der Waals surface area contributed by atoms with Gasteiger partial charge in [0.25, 0.3) is 0 Å². The average molecular weight is 320 g/mol. The van der Waals surface area contributed by atoms with Crippen molar-refractivity contribution in [2.24, 2.45) is 5.73 Å². The number of carbonyl (C=O) groups is 1. The van der Waals surface area contributed by atoms with Gasteiger partial charge in [-0.2, -0.15) is 4.31 Å². The van der Waals surface area contributed by atoms with Gasteiger partial charge in [-0.05, 0) is 18.2 Å². The lowest BCUT2D eigenvalue weighted by Gasteiger charge is -2.22. The van der Waals surface area contributed by atoms with Crippen molar-refractivity contribution in [2.75, 3.05) is 12.3 Å². The van der Waals surface area contributed by atoms with Crippen LogP contribution < -0.4 is 11.5 Å². The fourth-order valence-electron chi connectivity index (χ4n) is 2.17. The number of anilines is 1. The van der Waals surface area contributed by atoms with E-state index in [1.807, 2.05) is 0 Å². The molecule has 0 aliphatic carbocycles. The lowest BCUT2D eigenvalue weighted by Crippen LogP contribution is -2.43. The highest BCUT2D eigenvalue weighted by molar-refractivity contribution is 7.89. The van der Waals surface area contributed by atoms with E-state index in [1.165, 1.54) is 18.2 Å². The maximum atomic E-state index is 12.5. The monoisotopic (exact) mass is 319 g/mol. The second kappa shape index (κ2) is 5.21. The minimum Gasteiger partial charge on any atom is -0.398 e. The van der Waals surface area contributed by atoms with E-state index in [-0.39, 0.29) is 28.6 Å². The Hall–Kier alpha value is -1.35. The van der Waals surface area contributed by atoms with Crippen molar-refractivity contribution in [1.82, 2.24) is 4.31 Å². The number of amides is 1. The normalized spacial score (nSPS) is 23.9. The predicted molar refractivity (Wildman–Crippen MR) is 73.4 cm³/mol. The van der Waals surface area contributed by atoms with Crippen molar-refractivity contribution in [3.63, 3.8) is 0 Å². The number of nitrogen functional groups attached to an aromatic ring is 1. The van der Waals surface area contributed by atoms with Crippen molar-refractivity contribution in [1.29, 1.82) is 0 Å². The van der Waals surface area contributed by atoms with Crippen LogP contribution in [0.25, 0.3) is 0 Å². The molecule has 1 amide bonds. The largest absolute Gasteiger partial charge is 0.398 e. The van der Waals surface area contributed by atoms with Gasteiger partial charge in [-0.15, -0.1) is 0 Å². The predicted octanol–water partition coefficient (Wildman–Crippen LogP) is -0.469. The molecule has 5 N–H and O–H groups in total. The van der Waals surface area contributed by atoms with Crippen LogP contribution in [0.4, 0.5) is 5.69 Å². The molecule has 1 aliphatic rings. The molecule has 0 saturated carbocycles. The summed E-state index contributed by atoms with van der Waals surface area (Å²) in [7, 11) is -4.06. The minimum atomic E-state index is -4.06. The van der Waals surface area contributed by atoms with Gasteiger partial charge < -0.3 is 16.6 Å². The molecule has 1 aromatic rings.